The van der Waals surface area contributed by atoms with Gasteiger partial charge >= 0.3 is 0 Å². The number of piperidine rings is 1. The van der Waals surface area contributed by atoms with E-state index in [1.54, 1.807) is 18.0 Å². The van der Waals surface area contributed by atoms with Crippen LogP contribution in [0.5, 0.6) is 0 Å². The van der Waals surface area contributed by atoms with Crippen LogP contribution < -0.4 is 5.32 Å². The van der Waals surface area contributed by atoms with Gasteiger partial charge in [0.1, 0.15) is 11.1 Å². The minimum Gasteiger partial charge on any atom is -0.368 e. The van der Waals surface area contributed by atoms with E-state index in [2.05, 4.69) is 20.7 Å². The third-order valence-corrected chi connectivity index (χ3v) is 5.33. The van der Waals surface area contributed by atoms with E-state index in [1.807, 2.05) is 4.90 Å². The summed E-state index contributed by atoms with van der Waals surface area (Å²) in [6, 6.07) is 0. The summed E-state index contributed by atoms with van der Waals surface area (Å²) in [6.07, 6.45) is 4.63. The molecule has 2 aliphatic rings. The summed E-state index contributed by atoms with van der Waals surface area (Å²) in [5, 5.41) is 14.0. The molecule has 0 aliphatic carbocycles. The molecule has 2 saturated heterocycles. The smallest absolute Gasteiger partial charge is 0.251 e. The molecule has 3 heterocycles. The van der Waals surface area contributed by atoms with Crippen molar-refractivity contribution in [3.63, 3.8) is 0 Å². The molecule has 2 amide bonds. The van der Waals surface area contributed by atoms with Gasteiger partial charge in [0, 0.05) is 37.9 Å². The quantitative estimate of drug-likeness (QED) is 0.568. The van der Waals surface area contributed by atoms with E-state index in [9.17, 15) is 9.59 Å². The minimum absolute atomic E-state index is 0.00408. The molecule has 2 aliphatic heterocycles. The number of aromatic nitrogens is 3. The lowest BCUT2D eigenvalue weighted by Crippen LogP contribution is -2.46. The number of likely N-dealkylation sites (tertiary alicyclic amines) is 1. The molecule has 3 rings (SSSR count). The van der Waals surface area contributed by atoms with Crippen molar-refractivity contribution in [2.75, 3.05) is 32.0 Å². The van der Waals surface area contributed by atoms with Crippen LogP contribution in [-0.2, 0) is 14.3 Å². The van der Waals surface area contributed by atoms with Crippen molar-refractivity contribution in [3.05, 3.63) is 6.20 Å². The third-order valence-electron chi connectivity index (χ3n) is 4.43. The van der Waals surface area contributed by atoms with Gasteiger partial charge in [-0.2, -0.15) is 10.3 Å². The van der Waals surface area contributed by atoms with Gasteiger partial charge < -0.3 is 15.0 Å². The SMILES string of the molecule is O=C(NCCSc1cn[nH]n1)C1CCN(C(=O)[C@H]2CCCO2)CC1. The Balaban J connectivity index is 1.33. The number of hydrogen-bond donors (Lipinski definition) is 2. The van der Waals surface area contributed by atoms with Crippen LogP contribution in [-0.4, -0.2) is 70.2 Å². The van der Waals surface area contributed by atoms with Crippen molar-refractivity contribution in [3.8, 4) is 0 Å². The van der Waals surface area contributed by atoms with Gasteiger partial charge in [-0.15, -0.1) is 16.9 Å². The molecule has 0 bridgehead atoms. The summed E-state index contributed by atoms with van der Waals surface area (Å²) in [5.74, 6) is 0.931. The molecular formula is C15H23N5O3S. The van der Waals surface area contributed by atoms with Gasteiger partial charge in [-0.05, 0) is 25.7 Å². The number of carbonyl (C=O) groups is 2. The Morgan fingerprint density at radius 2 is 2.21 bits per heavy atom. The predicted octanol–water partition coefficient (Wildman–Crippen LogP) is 0.431. The highest BCUT2D eigenvalue weighted by Gasteiger charge is 2.32. The Labute approximate surface area is 145 Å². The van der Waals surface area contributed by atoms with E-state index in [-0.39, 0.29) is 23.8 Å². The number of amides is 2. The molecular weight excluding hydrogens is 330 g/mol. The Morgan fingerprint density at radius 1 is 1.38 bits per heavy atom. The largest absolute Gasteiger partial charge is 0.368 e. The van der Waals surface area contributed by atoms with Crippen LogP contribution in [0, 0.1) is 5.92 Å². The second-order valence-electron chi connectivity index (χ2n) is 6.05. The number of H-pyrrole nitrogens is 1. The lowest BCUT2D eigenvalue weighted by atomic mass is 9.95. The van der Waals surface area contributed by atoms with Crippen molar-refractivity contribution in [1.29, 1.82) is 0 Å². The number of aromatic amines is 1. The zero-order valence-corrected chi connectivity index (χ0v) is 14.4. The van der Waals surface area contributed by atoms with E-state index in [1.165, 1.54) is 0 Å². The van der Waals surface area contributed by atoms with E-state index in [0.717, 1.165) is 36.5 Å². The average molecular weight is 353 g/mol. The van der Waals surface area contributed by atoms with Crippen LogP contribution in [0.3, 0.4) is 0 Å². The highest BCUT2D eigenvalue weighted by atomic mass is 32.2. The Bertz CT molecular complexity index is 539. The predicted molar refractivity (Wildman–Crippen MR) is 88.4 cm³/mol. The second-order valence-corrected chi connectivity index (χ2v) is 7.16. The zero-order valence-electron chi connectivity index (χ0n) is 13.6. The number of nitrogens with zero attached hydrogens (tertiary/aromatic N) is 3. The molecule has 2 N–H and O–H groups in total. The van der Waals surface area contributed by atoms with Crippen LogP contribution in [0.2, 0.25) is 0 Å². The first-order valence-electron chi connectivity index (χ1n) is 8.40. The standard InChI is InChI=1S/C15H23N5O3S/c21-14(16-5-9-24-13-10-17-19-18-13)11-3-6-20(7-4-11)15(22)12-2-1-8-23-12/h10-12H,1-9H2,(H,16,21)(H,17,18,19)/t12-/m1/s1. The molecule has 0 unspecified atom stereocenters. The van der Waals surface area contributed by atoms with Crippen molar-refractivity contribution in [2.45, 2.75) is 36.8 Å². The summed E-state index contributed by atoms with van der Waals surface area (Å²) in [4.78, 5) is 26.3. The van der Waals surface area contributed by atoms with Gasteiger partial charge in [-0.3, -0.25) is 9.59 Å². The summed E-state index contributed by atoms with van der Waals surface area (Å²) < 4.78 is 5.45. The van der Waals surface area contributed by atoms with Crippen LogP contribution >= 0.6 is 11.8 Å². The van der Waals surface area contributed by atoms with E-state index in [0.29, 0.717) is 26.2 Å². The highest BCUT2D eigenvalue weighted by Crippen LogP contribution is 2.21. The first-order chi connectivity index (χ1) is 11.7. The molecule has 0 saturated carbocycles. The van der Waals surface area contributed by atoms with Gasteiger partial charge in [0.15, 0.2) is 0 Å². The van der Waals surface area contributed by atoms with Gasteiger partial charge in [0.05, 0.1) is 6.20 Å². The van der Waals surface area contributed by atoms with Gasteiger partial charge in [0.25, 0.3) is 5.91 Å². The molecule has 1 aromatic heterocycles. The molecule has 0 aromatic carbocycles. The molecule has 1 atom stereocenters. The first kappa shape index (κ1) is 17.2. The Morgan fingerprint density at radius 3 is 2.88 bits per heavy atom. The normalized spacial score (nSPS) is 21.8. The van der Waals surface area contributed by atoms with E-state index >= 15 is 0 Å². The molecule has 0 spiro atoms. The van der Waals surface area contributed by atoms with Crippen molar-refractivity contribution >= 4 is 23.6 Å². The van der Waals surface area contributed by atoms with Crippen molar-refractivity contribution in [2.24, 2.45) is 5.92 Å². The maximum atomic E-state index is 12.3. The summed E-state index contributed by atoms with van der Waals surface area (Å²) in [7, 11) is 0. The number of carbonyl (C=O) groups excluding carboxylic acids is 2. The minimum atomic E-state index is -0.260. The van der Waals surface area contributed by atoms with Gasteiger partial charge in [0.2, 0.25) is 5.91 Å². The summed E-state index contributed by atoms with van der Waals surface area (Å²) in [6.45, 7) is 2.57. The molecule has 9 heteroatoms. The molecule has 0 radical (unpaired) electrons. The fourth-order valence-corrected chi connectivity index (χ4v) is 3.72. The van der Waals surface area contributed by atoms with Crippen LogP contribution in [0.15, 0.2) is 11.2 Å². The zero-order chi connectivity index (χ0) is 16.8. The Kier molecular flexibility index (Phi) is 6.08. The number of ether oxygens (including phenoxy) is 1. The maximum Gasteiger partial charge on any atom is 0.251 e. The lowest BCUT2D eigenvalue weighted by Gasteiger charge is -2.32. The van der Waals surface area contributed by atoms with E-state index < -0.39 is 0 Å². The van der Waals surface area contributed by atoms with Crippen LogP contribution in [0.25, 0.3) is 0 Å². The summed E-state index contributed by atoms with van der Waals surface area (Å²) >= 11 is 1.55. The molecule has 24 heavy (non-hydrogen) atoms. The molecule has 2 fully saturated rings. The number of hydrogen-bond acceptors (Lipinski definition) is 6. The second kappa shape index (κ2) is 8.48. The molecule has 8 nitrogen and oxygen atoms in total. The highest BCUT2D eigenvalue weighted by molar-refractivity contribution is 7.99. The van der Waals surface area contributed by atoms with Crippen molar-refractivity contribution in [1.82, 2.24) is 25.6 Å². The average Bonchev–Trinajstić information content (AvgIpc) is 3.31. The first-order valence-corrected chi connectivity index (χ1v) is 9.39. The molecule has 132 valence electrons. The fraction of sp³-hybridized carbons (Fsp3) is 0.733. The maximum absolute atomic E-state index is 12.3. The monoisotopic (exact) mass is 353 g/mol. The number of thioether (sulfide) groups is 1. The third kappa shape index (κ3) is 4.47. The van der Waals surface area contributed by atoms with Crippen molar-refractivity contribution < 1.29 is 14.3 Å². The number of nitrogens with one attached hydrogen (secondary N) is 2. The summed E-state index contributed by atoms with van der Waals surface area (Å²) in [5.41, 5.74) is 0. The number of rotatable bonds is 6. The molecule has 1 aromatic rings. The van der Waals surface area contributed by atoms with Gasteiger partial charge in [-0.25, -0.2) is 0 Å². The Hall–Kier alpha value is -1.61. The topological polar surface area (TPSA) is 100 Å². The lowest BCUT2D eigenvalue weighted by molar-refractivity contribution is -0.143. The fourth-order valence-electron chi connectivity index (χ4n) is 3.07. The van der Waals surface area contributed by atoms with Gasteiger partial charge in [-0.1, -0.05) is 0 Å². The van der Waals surface area contributed by atoms with Crippen LogP contribution in [0.1, 0.15) is 25.7 Å². The van der Waals surface area contributed by atoms with E-state index in [4.69, 9.17) is 4.74 Å². The van der Waals surface area contributed by atoms with Crippen LogP contribution in [0.4, 0.5) is 0 Å².